The van der Waals surface area contributed by atoms with Crippen molar-refractivity contribution in [3.63, 3.8) is 0 Å². The summed E-state index contributed by atoms with van der Waals surface area (Å²) in [6, 6.07) is 0.930. The van der Waals surface area contributed by atoms with Crippen molar-refractivity contribution in [1.82, 2.24) is 5.32 Å². The third kappa shape index (κ3) is 1.32. The van der Waals surface area contributed by atoms with Gasteiger partial charge in [0.15, 0.2) is 0 Å². The summed E-state index contributed by atoms with van der Waals surface area (Å²) in [7, 11) is 0. The molecule has 0 spiro atoms. The van der Waals surface area contributed by atoms with Crippen LogP contribution < -0.4 is 5.32 Å². The smallest absolute Gasteiger partial charge is 0.0127 e. The zero-order chi connectivity index (χ0) is 8.67. The van der Waals surface area contributed by atoms with Gasteiger partial charge in [0.05, 0.1) is 0 Å². The fourth-order valence-electron chi connectivity index (χ4n) is 4.10. The topological polar surface area (TPSA) is 12.0 Å². The molecule has 74 valence electrons. The maximum Gasteiger partial charge on any atom is 0.0127 e. The molecule has 1 aliphatic heterocycles. The summed E-state index contributed by atoms with van der Waals surface area (Å²) in [6.07, 6.45) is 10.6. The molecule has 1 saturated heterocycles. The highest BCUT2D eigenvalue weighted by atomic mass is 15.0. The SMILES string of the molecule is C1CCC2C(C1)CCC1CCNC12. The van der Waals surface area contributed by atoms with E-state index in [1.807, 2.05) is 0 Å². The molecule has 4 unspecified atom stereocenters. The second-order valence-electron chi connectivity index (χ2n) is 5.31. The molecule has 3 fully saturated rings. The van der Waals surface area contributed by atoms with E-state index in [9.17, 15) is 0 Å². The molecule has 1 N–H and O–H groups in total. The summed E-state index contributed by atoms with van der Waals surface area (Å²) in [5, 5.41) is 3.76. The van der Waals surface area contributed by atoms with Crippen LogP contribution in [0.25, 0.3) is 0 Å². The quantitative estimate of drug-likeness (QED) is 0.602. The van der Waals surface area contributed by atoms with Gasteiger partial charge < -0.3 is 5.32 Å². The normalized spacial score (nSPS) is 49.8. The zero-order valence-corrected chi connectivity index (χ0v) is 8.47. The lowest BCUT2D eigenvalue weighted by Crippen LogP contribution is -2.44. The Morgan fingerprint density at radius 2 is 1.62 bits per heavy atom. The van der Waals surface area contributed by atoms with Crippen molar-refractivity contribution in [3.05, 3.63) is 0 Å². The van der Waals surface area contributed by atoms with Gasteiger partial charge in [-0.05, 0) is 50.0 Å². The van der Waals surface area contributed by atoms with Crippen LogP contribution in [0.1, 0.15) is 44.9 Å². The summed E-state index contributed by atoms with van der Waals surface area (Å²) in [5.41, 5.74) is 0. The van der Waals surface area contributed by atoms with E-state index in [1.165, 1.54) is 45.1 Å². The maximum absolute atomic E-state index is 3.76. The number of fused-ring (bicyclic) bond motifs is 3. The molecule has 1 nitrogen and oxygen atoms in total. The molecule has 0 aromatic rings. The van der Waals surface area contributed by atoms with Gasteiger partial charge in [0.2, 0.25) is 0 Å². The summed E-state index contributed by atoms with van der Waals surface area (Å²) >= 11 is 0. The predicted octanol–water partition coefficient (Wildman–Crippen LogP) is 2.56. The lowest BCUT2D eigenvalue weighted by molar-refractivity contribution is 0.106. The van der Waals surface area contributed by atoms with Gasteiger partial charge in [-0.1, -0.05) is 19.3 Å². The van der Waals surface area contributed by atoms with Gasteiger partial charge in [0, 0.05) is 6.04 Å². The van der Waals surface area contributed by atoms with Gasteiger partial charge >= 0.3 is 0 Å². The molecule has 1 heteroatoms. The molecule has 1 heterocycles. The third-order valence-electron chi connectivity index (χ3n) is 4.74. The molecule has 0 bridgehead atoms. The molecule has 0 aromatic heterocycles. The van der Waals surface area contributed by atoms with Gasteiger partial charge in [0.1, 0.15) is 0 Å². The van der Waals surface area contributed by atoms with Gasteiger partial charge in [-0.25, -0.2) is 0 Å². The molecule has 3 rings (SSSR count). The van der Waals surface area contributed by atoms with Crippen LogP contribution in [0.4, 0.5) is 0 Å². The van der Waals surface area contributed by atoms with Crippen LogP contribution >= 0.6 is 0 Å². The molecule has 0 aromatic carbocycles. The molecular formula is C12H21N. The fraction of sp³-hybridized carbons (Fsp3) is 1.00. The summed E-state index contributed by atoms with van der Waals surface area (Å²) in [4.78, 5) is 0. The largest absolute Gasteiger partial charge is 0.313 e. The van der Waals surface area contributed by atoms with Gasteiger partial charge in [-0.2, -0.15) is 0 Å². The Morgan fingerprint density at radius 1 is 0.769 bits per heavy atom. The average Bonchev–Trinajstić information content (AvgIpc) is 2.65. The van der Waals surface area contributed by atoms with Crippen LogP contribution in [0.3, 0.4) is 0 Å². The van der Waals surface area contributed by atoms with Crippen LogP contribution in [-0.4, -0.2) is 12.6 Å². The highest BCUT2D eigenvalue weighted by molar-refractivity contribution is 4.96. The van der Waals surface area contributed by atoms with Crippen molar-refractivity contribution in [2.24, 2.45) is 17.8 Å². The zero-order valence-electron chi connectivity index (χ0n) is 8.47. The lowest BCUT2D eigenvalue weighted by atomic mass is 9.65. The summed E-state index contributed by atoms with van der Waals surface area (Å²) < 4.78 is 0. The Bertz CT molecular complexity index is 190. The van der Waals surface area contributed by atoms with Crippen LogP contribution in [0.15, 0.2) is 0 Å². The predicted molar refractivity (Wildman–Crippen MR) is 54.6 cm³/mol. The Balaban J connectivity index is 1.77. The molecule has 3 aliphatic rings. The second-order valence-corrected chi connectivity index (χ2v) is 5.31. The van der Waals surface area contributed by atoms with Crippen LogP contribution in [0.2, 0.25) is 0 Å². The van der Waals surface area contributed by atoms with E-state index in [4.69, 9.17) is 0 Å². The molecule has 0 radical (unpaired) electrons. The van der Waals surface area contributed by atoms with Crippen molar-refractivity contribution in [1.29, 1.82) is 0 Å². The molecule has 2 aliphatic carbocycles. The Morgan fingerprint density at radius 3 is 2.62 bits per heavy atom. The minimum absolute atomic E-state index is 0.930. The molecule has 13 heavy (non-hydrogen) atoms. The van der Waals surface area contributed by atoms with Crippen molar-refractivity contribution in [2.75, 3.05) is 6.54 Å². The van der Waals surface area contributed by atoms with E-state index in [-0.39, 0.29) is 0 Å². The van der Waals surface area contributed by atoms with Gasteiger partial charge in [0.25, 0.3) is 0 Å². The minimum Gasteiger partial charge on any atom is -0.313 e. The van der Waals surface area contributed by atoms with Crippen LogP contribution in [-0.2, 0) is 0 Å². The van der Waals surface area contributed by atoms with Crippen LogP contribution in [0, 0.1) is 17.8 Å². The van der Waals surface area contributed by atoms with E-state index in [1.54, 1.807) is 6.42 Å². The first-order valence-electron chi connectivity index (χ1n) is 6.18. The Hall–Kier alpha value is -0.0400. The Kier molecular flexibility index (Phi) is 2.08. The van der Waals surface area contributed by atoms with E-state index < -0.39 is 0 Å². The van der Waals surface area contributed by atoms with Crippen molar-refractivity contribution >= 4 is 0 Å². The monoisotopic (exact) mass is 179 g/mol. The first-order valence-corrected chi connectivity index (χ1v) is 6.18. The molecule has 0 amide bonds. The molecule has 2 saturated carbocycles. The number of hydrogen-bond donors (Lipinski definition) is 1. The summed E-state index contributed by atoms with van der Waals surface area (Å²) in [6.45, 7) is 1.30. The number of nitrogens with one attached hydrogen (secondary N) is 1. The molecule has 4 atom stereocenters. The van der Waals surface area contributed by atoms with Gasteiger partial charge in [-0.15, -0.1) is 0 Å². The summed E-state index contributed by atoms with van der Waals surface area (Å²) in [5.74, 6) is 3.22. The number of hydrogen-bond acceptors (Lipinski definition) is 1. The van der Waals surface area contributed by atoms with E-state index in [0.717, 1.165) is 23.8 Å². The first-order chi connectivity index (χ1) is 6.45. The lowest BCUT2D eigenvalue weighted by Gasteiger charge is -2.43. The average molecular weight is 179 g/mol. The van der Waals surface area contributed by atoms with Crippen molar-refractivity contribution < 1.29 is 0 Å². The van der Waals surface area contributed by atoms with Crippen molar-refractivity contribution in [2.45, 2.75) is 51.0 Å². The third-order valence-corrected chi connectivity index (χ3v) is 4.74. The fourth-order valence-corrected chi connectivity index (χ4v) is 4.10. The van der Waals surface area contributed by atoms with Crippen molar-refractivity contribution in [3.8, 4) is 0 Å². The van der Waals surface area contributed by atoms with E-state index in [2.05, 4.69) is 5.32 Å². The Labute approximate surface area is 81.3 Å². The van der Waals surface area contributed by atoms with Gasteiger partial charge in [-0.3, -0.25) is 0 Å². The van der Waals surface area contributed by atoms with E-state index in [0.29, 0.717) is 0 Å². The second kappa shape index (κ2) is 3.27. The highest BCUT2D eigenvalue weighted by Crippen LogP contribution is 2.45. The maximum atomic E-state index is 3.76. The van der Waals surface area contributed by atoms with Crippen LogP contribution in [0.5, 0.6) is 0 Å². The molecular weight excluding hydrogens is 158 g/mol. The standard InChI is InChI=1S/C12H21N/c1-2-4-11-9(3-1)5-6-10-7-8-13-12(10)11/h9-13H,1-8H2. The van der Waals surface area contributed by atoms with E-state index >= 15 is 0 Å². The minimum atomic E-state index is 0.930. The highest BCUT2D eigenvalue weighted by Gasteiger charge is 2.41. The first kappa shape index (κ1) is 8.28. The number of rotatable bonds is 0.